The zero-order valence-electron chi connectivity index (χ0n) is 18.6. The number of nitrogens with one attached hydrogen (secondary N) is 1. The smallest absolute Gasteiger partial charge is 0.237 e. The molecule has 35 heavy (non-hydrogen) atoms. The predicted molar refractivity (Wildman–Crippen MR) is 122 cm³/mol. The van der Waals surface area contributed by atoms with Crippen LogP contribution in [0.5, 0.6) is 0 Å². The Bertz CT molecular complexity index is 1560. The summed E-state index contributed by atoms with van der Waals surface area (Å²) in [7, 11) is -4.00. The minimum Gasteiger partial charge on any atom is -0.367 e. The van der Waals surface area contributed by atoms with Crippen LogP contribution < -0.4 is 4.90 Å². The van der Waals surface area contributed by atoms with Crippen LogP contribution in [0.15, 0.2) is 42.1 Å². The van der Waals surface area contributed by atoms with E-state index in [1.807, 2.05) is 12.3 Å². The lowest BCUT2D eigenvalue weighted by Gasteiger charge is -2.23. The summed E-state index contributed by atoms with van der Waals surface area (Å²) in [5.41, 5.74) is 2.07. The molecule has 2 atom stereocenters. The number of halogens is 2. The van der Waals surface area contributed by atoms with Gasteiger partial charge in [-0.2, -0.15) is 14.8 Å². The molecule has 5 heterocycles. The van der Waals surface area contributed by atoms with Crippen molar-refractivity contribution in [3.8, 4) is 17.3 Å². The van der Waals surface area contributed by atoms with Crippen LogP contribution in [-0.4, -0.2) is 57.5 Å². The molecule has 180 valence electrons. The molecule has 4 aromatic rings. The van der Waals surface area contributed by atoms with Crippen LogP contribution in [0.1, 0.15) is 18.9 Å². The molecule has 1 saturated heterocycles. The number of aromatic nitrogens is 6. The molecule has 0 amide bonds. The summed E-state index contributed by atoms with van der Waals surface area (Å²) in [5.74, 6) is -2.24. The Balaban J connectivity index is 1.41. The molecule has 0 unspecified atom stereocenters. The van der Waals surface area contributed by atoms with Crippen molar-refractivity contribution in [3.05, 3.63) is 48.8 Å². The van der Waals surface area contributed by atoms with Crippen molar-refractivity contribution in [1.82, 2.24) is 29.7 Å². The first-order valence-corrected chi connectivity index (χ1v) is 12.7. The van der Waals surface area contributed by atoms with E-state index >= 15 is 0 Å². The van der Waals surface area contributed by atoms with Crippen LogP contribution >= 0.6 is 0 Å². The lowest BCUT2D eigenvalue weighted by atomic mass is 9.96. The average molecular weight is 499 g/mol. The third kappa shape index (κ3) is 4.21. The van der Waals surface area contributed by atoms with E-state index < -0.39 is 26.6 Å². The highest BCUT2D eigenvalue weighted by atomic mass is 32.2. The fraction of sp³-hybridized carbons (Fsp3) is 0.318. The van der Waals surface area contributed by atoms with Crippen LogP contribution in [-0.2, 0) is 9.84 Å². The van der Waals surface area contributed by atoms with E-state index in [0.717, 1.165) is 23.3 Å². The number of nitrogens with zero attached hydrogens (tertiary/aromatic N) is 7. The van der Waals surface area contributed by atoms with Crippen LogP contribution in [0, 0.1) is 29.0 Å². The van der Waals surface area contributed by atoms with Gasteiger partial charge < -0.3 is 9.88 Å². The van der Waals surface area contributed by atoms with E-state index in [9.17, 15) is 22.5 Å². The topological polar surface area (TPSA) is 133 Å². The molecule has 0 radical (unpaired) electrons. The molecule has 10 nitrogen and oxygen atoms in total. The van der Waals surface area contributed by atoms with Gasteiger partial charge in [-0.15, -0.1) is 0 Å². The Morgan fingerprint density at radius 2 is 2.17 bits per heavy atom. The van der Waals surface area contributed by atoms with E-state index in [2.05, 4.69) is 31.1 Å². The number of sulfone groups is 1. The summed E-state index contributed by atoms with van der Waals surface area (Å²) >= 11 is 0. The third-order valence-corrected chi connectivity index (χ3v) is 7.20. The molecule has 0 aromatic carbocycles. The number of pyridine rings is 1. The maximum atomic E-state index is 14.6. The number of fused-ring (bicyclic) bond motifs is 1. The van der Waals surface area contributed by atoms with Gasteiger partial charge in [0.25, 0.3) is 0 Å². The van der Waals surface area contributed by atoms with Crippen molar-refractivity contribution in [3.63, 3.8) is 0 Å². The second-order valence-corrected chi connectivity index (χ2v) is 10.4. The minimum absolute atomic E-state index is 0.0860. The number of hydrogen-bond acceptors (Lipinski definition) is 8. The summed E-state index contributed by atoms with van der Waals surface area (Å²) < 4.78 is 54.0. The fourth-order valence-corrected chi connectivity index (χ4v) is 5.22. The highest BCUT2D eigenvalue weighted by Gasteiger charge is 2.33. The summed E-state index contributed by atoms with van der Waals surface area (Å²) in [6.45, 7) is 0.722. The van der Waals surface area contributed by atoms with Crippen molar-refractivity contribution in [2.45, 2.75) is 23.9 Å². The van der Waals surface area contributed by atoms with Gasteiger partial charge in [-0.25, -0.2) is 27.8 Å². The third-order valence-electron chi connectivity index (χ3n) is 6.21. The first kappa shape index (κ1) is 22.9. The summed E-state index contributed by atoms with van der Waals surface area (Å²) in [6, 6.07) is 4.63. The van der Waals surface area contributed by atoms with Gasteiger partial charge in [-0.05, 0) is 12.5 Å². The lowest BCUT2D eigenvalue weighted by Crippen LogP contribution is -2.26. The fourth-order valence-electron chi connectivity index (χ4n) is 4.56. The van der Waals surface area contributed by atoms with Crippen molar-refractivity contribution in [1.29, 1.82) is 5.26 Å². The van der Waals surface area contributed by atoms with Gasteiger partial charge >= 0.3 is 0 Å². The summed E-state index contributed by atoms with van der Waals surface area (Å²) in [5, 5.41) is 13.9. The van der Waals surface area contributed by atoms with Gasteiger partial charge in [0.15, 0.2) is 20.7 Å². The maximum Gasteiger partial charge on any atom is 0.237 e. The van der Waals surface area contributed by atoms with E-state index in [4.69, 9.17) is 0 Å². The quantitative estimate of drug-likeness (QED) is 0.401. The van der Waals surface area contributed by atoms with Crippen molar-refractivity contribution in [2.75, 3.05) is 24.2 Å². The zero-order valence-corrected chi connectivity index (χ0v) is 19.4. The molecule has 5 rings (SSSR count). The Kier molecular flexibility index (Phi) is 5.68. The zero-order chi connectivity index (χ0) is 24.7. The highest BCUT2D eigenvalue weighted by Crippen LogP contribution is 2.35. The minimum atomic E-state index is -4.00. The standard InChI is InChI=1S/C22H20F2N8O2S/c1-35(33,34)22-16(23)8-18(20(24)30-22)31-7-4-13(10-31)17(2-5-25)32-11-14(9-29-32)19-15-3-6-26-21(15)28-12-27-19/h3,6,8-9,11-13,17H,2,4,7,10H2,1H3,(H,26,27,28)/t13-,17-/m0/s1. The Morgan fingerprint density at radius 1 is 1.34 bits per heavy atom. The van der Waals surface area contributed by atoms with Crippen molar-refractivity contribution in [2.24, 2.45) is 5.92 Å². The molecular formula is C22H20F2N8O2S. The SMILES string of the molecule is CS(=O)(=O)c1nc(F)c(N2CC[C@H]([C@H](CC#N)n3cc(-c4ncnc5[nH]ccc45)cn3)C2)cc1F. The first-order chi connectivity index (χ1) is 16.8. The van der Waals surface area contributed by atoms with Gasteiger partial charge in [-0.3, -0.25) is 4.68 Å². The van der Waals surface area contributed by atoms with Gasteiger partial charge in [-0.1, -0.05) is 0 Å². The van der Waals surface area contributed by atoms with E-state index in [-0.39, 0.29) is 24.1 Å². The highest BCUT2D eigenvalue weighted by molar-refractivity contribution is 7.90. The van der Waals surface area contributed by atoms with E-state index in [1.54, 1.807) is 22.0 Å². The van der Waals surface area contributed by atoms with Gasteiger partial charge in [0, 0.05) is 54.7 Å². The Labute approximate surface area is 199 Å². The normalized spacial score (nSPS) is 17.1. The molecule has 1 aliphatic rings. The van der Waals surface area contributed by atoms with Crippen LogP contribution in [0.2, 0.25) is 0 Å². The number of rotatable bonds is 6. The molecular weight excluding hydrogens is 478 g/mol. The van der Waals surface area contributed by atoms with Crippen LogP contribution in [0.25, 0.3) is 22.3 Å². The number of aromatic amines is 1. The summed E-state index contributed by atoms with van der Waals surface area (Å²) in [4.78, 5) is 16.6. The molecule has 4 aromatic heterocycles. The maximum absolute atomic E-state index is 14.6. The van der Waals surface area contributed by atoms with E-state index in [1.165, 1.54) is 6.33 Å². The molecule has 1 aliphatic heterocycles. The Morgan fingerprint density at radius 3 is 2.94 bits per heavy atom. The molecule has 0 aliphatic carbocycles. The van der Waals surface area contributed by atoms with Gasteiger partial charge in [0.2, 0.25) is 5.95 Å². The number of hydrogen-bond donors (Lipinski definition) is 1. The molecule has 0 bridgehead atoms. The van der Waals surface area contributed by atoms with Crippen LogP contribution in [0.4, 0.5) is 14.5 Å². The monoisotopic (exact) mass is 498 g/mol. The average Bonchev–Trinajstić information content (AvgIpc) is 3.58. The number of H-pyrrole nitrogens is 1. The van der Waals surface area contributed by atoms with E-state index in [0.29, 0.717) is 30.9 Å². The first-order valence-electron chi connectivity index (χ1n) is 10.8. The number of nitriles is 1. The predicted octanol–water partition coefficient (Wildman–Crippen LogP) is 2.88. The second kappa shape index (κ2) is 8.70. The second-order valence-electron chi connectivity index (χ2n) is 8.45. The molecule has 1 N–H and O–H groups in total. The summed E-state index contributed by atoms with van der Waals surface area (Å²) in [6.07, 6.45) is 8.28. The molecule has 0 saturated carbocycles. The molecule has 13 heteroatoms. The van der Waals surface area contributed by atoms with Crippen molar-refractivity contribution >= 4 is 26.6 Å². The molecule has 0 spiro atoms. The molecule has 1 fully saturated rings. The van der Waals surface area contributed by atoms with Crippen LogP contribution in [0.3, 0.4) is 0 Å². The van der Waals surface area contributed by atoms with Gasteiger partial charge in [0.05, 0.1) is 36.1 Å². The number of anilines is 1. The lowest BCUT2D eigenvalue weighted by molar-refractivity contribution is 0.331. The van der Waals surface area contributed by atoms with Crippen molar-refractivity contribution < 1.29 is 17.2 Å². The Hall–Kier alpha value is -3.92. The largest absolute Gasteiger partial charge is 0.367 e. The van der Waals surface area contributed by atoms with Gasteiger partial charge in [0.1, 0.15) is 12.0 Å².